The summed E-state index contributed by atoms with van der Waals surface area (Å²) in [6, 6.07) is 18.8. The molecule has 2 aromatic rings. The highest BCUT2D eigenvalue weighted by atomic mass is 15.0. The van der Waals surface area contributed by atoms with Gasteiger partial charge in [-0.15, -0.1) is 0 Å². The lowest BCUT2D eigenvalue weighted by Gasteiger charge is -2.50. The molecule has 3 aliphatic rings. The summed E-state index contributed by atoms with van der Waals surface area (Å²) in [5, 5.41) is 7.11. The zero-order valence-corrected chi connectivity index (χ0v) is 11.9. The molecule has 2 aromatic carbocycles. The van der Waals surface area contributed by atoms with E-state index in [2.05, 4.69) is 73.3 Å². The van der Waals surface area contributed by atoms with Crippen LogP contribution in [0.2, 0.25) is 0 Å². The predicted octanol–water partition coefficient (Wildman–Crippen LogP) is 2.45. The van der Waals surface area contributed by atoms with E-state index in [9.17, 15) is 0 Å². The quantitative estimate of drug-likeness (QED) is 0.870. The van der Waals surface area contributed by atoms with Crippen molar-refractivity contribution in [3.8, 4) is 0 Å². The number of benzene rings is 2. The zero-order valence-electron chi connectivity index (χ0n) is 11.9. The van der Waals surface area contributed by atoms with Crippen molar-refractivity contribution in [3.05, 3.63) is 70.8 Å². The molecule has 2 N–H and O–H groups in total. The van der Waals surface area contributed by atoms with Crippen molar-refractivity contribution in [1.82, 2.24) is 10.6 Å². The van der Waals surface area contributed by atoms with Crippen LogP contribution in [0.5, 0.6) is 0 Å². The highest BCUT2D eigenvalue weighted by Crippen LogP contribution is 2.52. The first-order chi connectivity index (χ1) is 9.86. The molecule has 0 aromatic heterocycles. The van der Waals surface area contributed by atoms with Gasteiger partial charge in [-0.05, 0) is 36.3 Å². The molecule has 0 saturated heterocycles. The first kappa shape index (κ1) is 12.1. The van der Waals surface area contributed by atoms with Crippen molar-refractivity contribution in [2.45, 2.75) is 23.9 Å². The van der Waals surface area contributed by atoms with E-state index in [-0.39, 0.29) is 0 Å². The highest BCUT2D eigenvalue weighted by molar-refractivity contribution is 5.58. The highest BCUT2D eigenvalue weighted by Gasteiger charge is 2.48. The first-order valence-electron chi connectivity index (χ1n) is 7.39. The molecular weight excluding hydrogens is 244 g/mol. The summed E-state index contributed by atoms with van der Waals surface area (Å²) < 4.78 is 0. The molecule has 2 heteroatoms. The summed E-state index contributed by atoms with van der Waals surface area (Å²) in [4.78, 5) is 0. The second kappa shape index (κ2) is 4.44. The van der Waals surface area contributed by atoms with Crippen molar-refractivity contribution in [2.24, 2.45) is 0 Å². The van der Waals surface area contributed by atoms with Crippen LogP contribution < -0.4 is 10.6 Å². The van der Waals surface area contributed by atoms with Crippen molar-refractivity contribution < 1.29 is 0 Å². The van der Waals surface area contributed by atoms with E-state index in [4.69, 9.17) is 0 Å². The van der Waals surface area contributed by atoms with E-state index in [0.29, 0.717) is 23.9 Å². The third-order valence-electron chi connectivity index (χ3n) is 5.10. The van der Waals surface area contributed by atoms with E-state index in [1.165, 1.54) is 22.3 Å². The SMILES string of the molecule is CN[C@@H]1C2c3ccccc3C(c3ccccc32)[C@@H]1NC. The predicted molar refractivity (Wildman–Crippen MR) is 82.3 cm³/mol. The van der Waals surface area contributed by atoms with E-state index in [0.717, 1.165) is 0 Å². The average molecular weight is 264 g/mol. The molecular formula is C18H20N2. The molecule has 0 aliphatic heterocycles. The first-order valence-corrected chi connectivity index (χ1v) is 7.39. The molecule has 0 radical (unpaired) electrons. The van der Waals surface area contributed by atoms with Crippen molar-refractivity contribution >= 4 is 0 Å². The monoisotopic (exact) mass is 264 g/mol. The van der Waals surface area contributed by atoms with Gasteiger partial charge >= 0.3 is 0 Å². The minimum absolute atomic E-state index is 0.454. The number of nitrogens with one attached hydrogen (secondary N) is 2. The number of rotatable bonds is 2. The Bertz CT molecular complexity index is 546. The fourth-order valence-corrected chi connectivity index (χ4v) is 4.37. The van der Waals surface area contributed by atoms with Crippen molar-refractivity contribution in [2.75, 3.05) is 14.1 Å². The fourth-order valence-electron chi connectivity index (χ4n) is 4.37. The molecule has 2 nitrogen and oxygen atoms in total. The molecule has 2 bridgehead atoms. The van der Waals surface area contributed by atoms with Gasteiger partial charge in [-0.1, -0.05) is 48.5 Å². The Morgan fingerprint density at radius 1 is 0.600 bits per heavy atom. The second-order valence-electron chi connectivity index (χ2n) is 5.84. The van der Waals surface area contributed by atoms with Crippen LogP contribution in [0.3, 0.4) is 0 Å². The summed E-state index contributed by atoms with van der Waals surface area (Å²) in [5.74, 6) is 0.907. The van der Waals surface area contributed by atoms with E-state index in [1.807, 2.05) is 0 Å². The van der Waals surface area contributed by atoms with Gasteiger partial charge in [0.25, 0.3) is 0 Å². The van der Waals surface area contributed by atoms with Gasteiger partial charge in [-0.3, -0.25) is 0 Å². The van der Waals surface area contributed by atoms with E-state index >= 15 is 0 Å². The van der Waals surface area contributed by atoms with Crippen LogP contribution >= 0.6 is 0 Å². The van der Waals surface area contributed by atoms with Crippen LogP contribution in [0, 0.1) is 0 Å². The maximum atomic E-state index is 3.56. The Morgan fingerprint density at radius 2 is 0.900 bits per heavy atom. The lowest BCUT2D eigenvalue weighted by molar-refractivity contribution is 0.305. The molecule has 102 valence electrons. The van der Waals surface area contributed by atoms with Crippen molar-refractivity contribution in [3.63, 3.8) is 0 Å². The van der Waals surface area contributed by atoms with E-state index < -0.39 is 0 Å². The molecule has 0 unspecified atom stereocenters. The third-order valence-corrected chi connectivity index (χ3v) is 5.10. The molecule has 0 amide bonds. The van der Waals surface area contributed by atoms with Crippen LogP contribution in [0.4, 0.5) is 0 Å². The van der Waals surface area contributed by atoms with Crippen LogP contribution in [0.1, 0.15) is 34.1 Å². The summed E-state index contributed by atoms with van der Waals surface area (Å²) >= 11 is 0. The molecule has 2 atom stereocenters. The molecule has 3 aliphatic carbocycles. The van der Waals surface area contributed by atoms with Gasteiger partial charge < -0.3 is 10.6 Å². The summed E-state index contributed by atoms with van der Waals surface area (Å²) in [5.41, 5.74) is 6.01. The Morgan fingerprint density at radius 3 is 1.15 bits per heavy atom. The minimum Gasteiger partial charge on any atom is -0.315 e. The van der Waals surface area contributed by atoms with Gasteiger partial charge in [0.1, 0.15) is 0 Å². The van der Waals surface area contributed by atoms with Crippen LogP contribution in [-0.2, 0) is 0 Å². The van der Waals surface area contributed by atoms with Crippen molar-refractivity contribution in [1.29, 1.82) is 0 Å². The standard InChI is InChI=1S/C18H20N2/c1-19-17-15-11-7-3-5-9-13(11)16(18(17)20-2)14-10-6-4-8-12(14)15/h3-10,15-20H,1-2H3/t15?,16?,17-,18+. The summed E-state index contributed by atoms with van der Waals surface area (Å²) in [7, 11) is 4.17. The smallest absolute Gasteiger partial charge is 0.0337 e. The zero-order chi connectivity index (χ0) is 13.7. The van der Waals surface area contributed by atoms with Gasteiger partial charge in [-0.25, -0.2) is 0 Å². The second-order valence-corrected chi connectivity index (χ2v) is 5.84. The number of hydrogen-bond donors (Lipinski definition) is 2. The summed E-state index contributed by atoms with van der Waals surface area (Å²) in [6.45, 7) is 0. The number of likely N-dealkylation sites (N-methyl/N-ethyl adjacent to an activating group) is 2. The molecule has 0 spiro atoms. The van der Waals surface area contributed by atoms with Gasteiger partial charge in [0.2, 0.25) is 0 Å². The third kappa shape index (κ3) is 1.41. The fraction of sp³-hybridized carbons (Fsp3) is 0.333. The van der Waals surface area contributed by atoms with Crippen LogP contribution in [0.25, 0.3) is 0 Å². The van der Waals surface area contributed by atoms with Gasteiger partial charge in [-0.2, -0.15) is 0 Å². The molecule has 20 heavy (non-hydrogen) atoms. The Labute approximate surface area is 120 Å². The van der Waals surface area contributed by atoms with Gasteiger partial charge in [0, 0.05) is 23.9 Å². The molecule has 5 rings (SSSR count). The average Bonchev–Trinajstić information content (AvgIpc) is 2.53. The Balaban J connectivity index is 2.01. The lowest BCUT2D eigenvalue weighted by atomic mass is 9.59. The molecule has 0 fully saturated rings. The van der Waals surface area contributed by atoms with Crippen LogP contribution in [0.15, 0.2) is 48.5 Å². The minimum atomic E-state index is 0.454. The largest absolute Gasteiger partial charge is 0.315 e. The Kier molecular flexibility index (Phi) is 2.69. The summed E-state index contributed by atoms with van der Waals surface area (Å²) in [6.07, 6.45) is 0. The maximum absolute atomic E-state index is 3.56. The van der Waals surface area contributed by atoms with Gasteiger partial charge in [0.15, 0.2) is 0 Å². The van der Waals surface area contributed by atoms with E-state index in [1.54, 1.807) is 0 Å². The number of fused-ring (bicyclic) bond motifs is 1. The van der Waals surface area contributed by atoms with Crippen LogP contribution in [-0.4, -0.2) is 26.2 Å². The molecule has 0 heterocycles. The Hall–Kier alpha value is -1.64. The van der Waals surface area contributed by atoms with Gasteiger partial charge in [0.05, 0.1) is 0 Å². The number of hydrogen-bond acceptors (Lipinski definition) is 2. The normalized spacial score (nSPS) is 29.9. The molecule has 0 saturated carbocycles. The topological polar surface area (TPSA) is 24.1 Å². The lowest BCUT2D eigenvalue weighted by Crippen LogP contribution is -2.58. The maximum Gasteiger partial charge on any atom is 0.0337 e.